The molecule has 0 fully saturated rings. The highest BCUT2D eigenvalue weighted by Gasteiger charge is 2.11. The van der Waals surface area contributed by atoms with Crippen molar-refractivity contribution in [2.75, 3.05) is 6.54 Å². The molecule has 0 bridgehead atoms. The lowest BCUT2D eigenvalue weighted by atomic mass is 10.2. The quantitative estimate of drug-likeness (QED) is 0.881. The van der Waals surface area contributed by atoms with E-state index < -0.39 is 0 Å². The Kier molecular flexibility index (Phi) is 4.39. The summed E-state index contributed by atoms with van der Waals surface area (Å²) < 4.78 is 1.76. The summed E-state index contributed by atoms with van der Waals surface area (Å²) in [5, 5.41) is 7.39. The van der Waals surface area contributed by atoms with Crippen LogP contribution in [0.25, 0.3) is 0 Å². The number of carbonyl (C=O) groups excluding carboxylic acids is 1. The van der Waals surface area contributed by atoms with Crippen molar-refractivity contribution >= 4 is 29.1 Å². The highest BCUT2D eigenvalue weighted by Crippen LogP contribution is 2.17. The van der Waals surface area contributed by atoms with Gasteiger partial charge in [-0.2, -0.15) is 5.10 Å². The lowest BCUT2D eigenvalue weighted by Crippen LogP contribution is -2.27. The first-order valence-electron chi connectivity index (χ1n) is 5.64. The second-order valence-electron chi connectivity index (χ2n) is 4.02. The van der Waals surface area contributed by atoms with Gasteiger partial charge in [0.1, 0.15) is 5.15 Å². The van der Waals surface area contributed by atoms with Gasteiger partial charge in [0.05, 0.1) is 23.3 Å². The molecule has 19 heavy (non-hydrogen) atoms. The summed E-state index contributed by atoms with van der Waals surface area (Å²) in [7, 11) is 0. The summed E-state index contributed by atoms with van der Waals surface area (Å²) in [6.07, 6.45) is 5.03. The molecule has 0 aromatic carbocycles. The predicted molar refractivity (Wildman–Crippen MR) is 73.6 cm³/mol. The number of rotatable bonds is 4. The van der Waals surface area contributed by atoms with Crippen molar-refractivity contribution in [3.8, 4) is 0 Å². The summed E-state index contributed by atoms with van der Waals surface area (Å²) in [5.74, 6) is -0.279. The minimum absolute atomic E-state index is 0.234. The fourth-order valence-electron chi connectivity index (χ4n) is 1.56. The lowest BCUT2D eigenvalue weighted by molar-refractivity contribution is 0.0952. The summed E-state index contributed by atoms with van der Waals surface area (Å²) in [6.45, 7) is 3.01. The first kappa shape index (κ1) is 13.8. The number of amides is 1. The molecule has 0 saturated carbocycles. The Labute approximate surface area is 120 Å². The van der Waals surface area contributed by atoms with Gasteiger partial charge >= 0.3 is 0 Å². The van der Waals surface area contributed by atoms with Crippen LogP contribution >= 0.6 is 23.2 Å². The second kappa shape index (κ2) is 6.04. The number of nitrogens with zero attached hydrogens (tertiary/aromatic N) is 3. The molecule has 0 saturated heterocycles. The van der Waals surface area contributed by atoms with E-state index in [0.717, 1.165) is 5.56 Å². The van der Waals surface area contributed by atoms with E-state index in [1.54, 1.807) is 10.9 Å². The van der Waals surface area contributed by atoms with Crippen LogP contribution in [0.1, 0.15) is 15.9 Å². The fraction of sp³-hybridized carbons (Fsp3) is 0.250. The molecule has 2 rings (SSSR count). The van der Waals surface area contributed by atoms with E-state index in [2.05, 4.69) is 15.4 Å². The second-order valence-corrected chi connectivity index (χ2v) is 4.82. The van der Waals surface area contributed by atoms with E-state index in [1.165, 1.54) is 12.3 Å². The van der Waals surface area contributed by atoms with Gasteiger partial charge in [0, 0.05) is 18.9 Å². The maximum Gasteiger partial charge on any atom is 0.253 e. The van der Waals surface area contributed by atoms with Crippen molar-refractivity contribution in [3.05, 3.63) is 46.0 Å². The van der Waals surface area contributed by atoms with Gasteiger partial charge in [-0.15, -0.1) is 0 Å². The maximum absolute atomic E-state index is 11.9. The molecule has 0 spiro atoms. The molecular formula is C12H12Cl2N4O. The third-order valence-corrected chi connectivity index (χ3v) is 2.96. The average molecular weight is 299 g/mol. The van der Waals surface area contributed by atoms with Gasteiger partial charge < -0.3 is 5.32 Å². The molecule has 1 amide bonds. The van der Waals surface area contributed by atoms with Crippen molar-refractivity contribution in [3.63, 3.8) is 0 Å². The summed E-state index contributed by atoms with van der Waals surface area (Å²) in [5.41, 5.74) is 1.40. The van der Waals surface area contributed by atoms with Crippen LogP contribution in [0.2, 0.25) is 10.2 Å². The van der Waals surface area contributed by atoms with Crippen LogP contribution in [0.4, 0.5) is 0 Å². The number of hydrogen-bond donors (Lipinski definition) is 1. The molecule has 0 aliphatic rings. The highest BCUT2D eigenvalue weighted by molar-refractivity contribution is 6.35. The van der Waals surface area contributed by atoms with Crippen LogP contribution in [0.15, 0.2) is 24.7 Å². The molecule has 2 aromatic rings. The third kappa shape index (κ3) is 3.68. The minimum Gasteiger partial charge on any atom is -0.350 e. The largest absolute Gasteiger partial charge is 0.350 e. The van der Waals surface area contributed by atoms with Gasteiger partial charge in [-0.1, -0.05) is 23.2 Å². The minimum atomic E-state index is -0.279. The molecule has 7 heteroatoms. The van der Waals surface area contributed by atoms with E-state index in [-0.39, 0.29) is 16.1 Å². The molecule has 1 N–H and O–H groups in total. The zero-order valence-electron chi connectivity index (χ0n) is 10.2. The normalized spacial score (nSPS) is 10.5. The van der Waals surface area contributed by atoms with Gasteiger partial charge in [-0.3, -0.25) is 9.48 Å². The van der Waals surface area contributed by atoms with Crippen LogP contribution in [-0.2, 0) is 6.54 Å². The number of halogens is 2. The Morgan fingerprint density at radius 2 is 2.21 bits per heavy atom. The van der Waals surface area contributed by atoms with Crippen molar-refractivity contribution in [1.29, 1.82) is 0 Å². The number of aromatic nitrogens is 3. The van der Waals surface area contributed by atoms with Crippen LogP contribution in [0.3, 0.4) is 0 Å². The highest BCUT2D eigenvalue weighted by atomic mass is 35.5. The van der Waals surface area contributed by atoms with Crippen LogP contribution in [-0.4, -0.2) is 27.2 Å². The SMILES string of the molecule is Cc1cnn(CCNC(=O)c2cc(Cl)ncc2Cl)c1. The van der Waals surface area contributed by atoms with Crippen LogP contribution < -0.4 is 5.32 Å². The lowest BCUT2D eigenvalue weighted by Gasteiger charge is -2.07. The molecule has 0 radical (unpaired) electrons. The molecule has 2 heterocycles. The van der Waals surface area contributed by atoms with E-state index >= 15 is 0 Å². The van der Waals surface area contributed by atoms with E-state index in [0.29, 0.717) is 18.7 Å². The number of aryl methyl sites for hydroxylation is 1. The fourth-order valence-corrected chi connectivity index (χ4v) is 1.90. The van der Waals surface area contributed by atoms with Crippen molar-refractivity contribution in [2.24, 2.45) is 0 Å². The van der Waals surface area contributed by atoms with Gasteiger partial charge in [0.2, 0.25) is 0 Å². The standard InChI is InChI=1S/C12H12Cl2N4O/c1-8-5-17-18(7-8)3-2-15-12(19)9-4-11(14)16-6-10(9)13/h4-7H,2-3H2,1H3,(H,15,19). The Bertz CT molecular complexity index is 597. The van der Waals surface area contributed by atoms with E-state index in [9.17, 15) is 4.79 Å². The van der Waals surface area contributed by atoms with Gasteiger partial charge in [0.25, 0.3) is 5.91 Å². The molecular weight excluding hydrogens is 287 g/mol. The Morgan fingerprint density at radius 1 is 1.42 bits per heavy atom. The van der Waals surface area contributed by atoms with Gasteiger partial charge in [0.15, 0.2) is 0 Å². The monoisotopic (exact) mass is 298 g/mol. The zero-order chi connectivity index (χ0) is 13.8. The number of nitrogens with one attached hydrogen (secondary N) is 1. The number of hydrogen-bond acceptors (Lipinski definition) is 3. The number of carbonyl (C=O) groups is 1. The molecule has 2 aromatic heterocycles. The summed E-state index contributed by atoms with van der Waals surface area (Å²) >= 11 is 11.6. The maximum atomic E-state index is 11.9. The molecule has 100 valence electrons. The van der Waals surface area contributed by atoms with Crippen LogP contribution in [0, 0.1) is 6.92 Å². The Hall–Kier alpha value is -1.59. The van der Waals surface area contributed by atoms with Crippen molar-refractivity contribution in [2.45, 2.75) is 13.5 Å². The van der Waals surface area contributed by atoms with Crippen molar-refractivity contribution < 1.29 is 4.79 Å². The van der Waals surface area contributed by atoms with Crippen molar-refractivity contribution in [1.82, 2.24) is 20.1 Å². The van der Waals surface area contributed by atoms with Crippen LogP contribution in [0.5, 0.6) is 0 Å². The third-order valence-electron chi connectivity index (χ3n) is 2.46. The topological polar surface area (TPSA) is 59.8 Å². The Balaban J connectivity index is 1.92. The summed E-state index contributed by atoms with van der Waals surface area (Å²) in [4.78, 5) is 15.7. The number of pyridine rings is 1. The molecule has 0 aliphatic heterocycles. The molecule has 0 atom stereocenters. The molecule has 0 aliphatic carbocycles. The smallest absolute Gasteiger partial charge is 0.253 e. The van der Waals surface area contributed by atoms with Gasteiger partial charge in [-0.25, -0.2) is 4.98 Å². The average Bonchev–Trinajstić information content (AvgIpc) is 2.78. The zero-order valence-corrected chi connectivity index (χ0v) is 11.7. The van der Waals surface area contributed by atoms with E-state index in [1.807, 2.05) is 13.1 Å². The first-order valence-corrected chi connectivity index (χ1v) is 6.40. The first-order chi connectivity index (χ1) is 9.06. The molecule has 0 unspecified atom stereocenters. The predicted octanol–water partition coefficient (Wildman–Crippen LogP) is 2.32. The Morgan fingerprint density at radius 3 is 2.89 bits per heavy atom. The summed E-state index contributed by atoms with van der Waals surface area (Å²) in [6, 6.07) is 1.44. The molecule has 5 nitrogen and oxygen atoms in total. The van der Waals surface area contributed by atoms with Gasteiger partial charge in [-0.05, 0) is 18.6 Å². The van der Waals surface area contributed by atoms with E-state index in [4.69, 9.17) is 23.2 Å².